The SMILES string of the molecule is CCOC(=O)C1CCN(C(=O)c2cccc(COc3ccc(Br)cc3)c2)CC1. The summed E-state index contributed by atoms with van der Waals surface area (Å²) in [5, 5.41) is 0. The molecule has 28 heavy (non-hydrogen) atoms. The van der Waals surface area contributed by atoms with E-state index >= 15 is 0 Å². The number of halogens is 1. The highest BCUT2D eigenvalue weighted by Crippen LogP contribution is 2.21. The van der Waals surface area contributed by atoms with Gasteiger partial charge in [-0.25, -0.2) is 0 Å². The smallest absolute Gasteiger partial charge is 0.309 e. The molecule has 1 amide bonds. The highest BCUT2D eigenvalue weighted by atomic mass is 79.9. The van der Waals surface area contributed by atoms with Gasteiger partial charge in [0.1, 0.15) is 12.4 Å². The minimum absolute atomic E-state index is 0.00667. The largest absolute Gasteiger partial charge is 0.489 e. The maximum absolute atomic E-state index is 12.8. The van der Waals surface area contributed by atoms with Crippen LogP contribution in [0.4, 0.5) is 0 Å². The number of esters is 1. The van der Waals surface area contributed by atoms with E-state index in [0.717, 1.165) is 15.8 Å². The van der Waals surface area contributed by atoms with Crippen LogP contribution >= 0.6 is 15.9 Å². The van der Waals surface area contributed by atoms with Gasteiger partial charge in [-0.05, 0) is 61.7 Å². The Morgan fingerprint density at radius 1 is 1.11 bits per heavy atom. The third kappa shape index (κ3) is 5.35. The van der Waals surface area contributed by atoms with Gasteiger partial charge in [0.25, 0.3) is 5.91 Å². The van der Waals surface area contributed by atoms with Crippen LogP contribution in [-0.4, -0.2) is 36.5 Å². The lowest BCUT2D eigenvalue weighted by Crippen LogP contribution is -2.40. The van der Waals surface area contributed by atoms with Crippen LogP contribution in [0.5, 0.6) is 5.75 Å². The van der Waals surface area contributed by atoms with Gasteiger partial charge in [-0.15, -0.1) is 0 Å². The van der Waals surface area contributed by atoms with Crippen molar-refractivity contribution in [3.8, 4) is 5.75 Å². The second-order valence-electron chi connectivity index (χ2n) is 6.76. The van der Waals surface area contributed by atoms with Crippen LogP contribution in [0, 0.1) is 5.92 Å². The van der Waals surface area contributed by atoms with E-state index in [2.05, 4.69) is 15.9 Å². The fourth-order valence-corrected chi connectivity index (χ4v) is 3.52. The fraction of sp³-hybridized carbons (Fsp3) is 0.364. The molecule has 1 saturated heterocycles. The van der Waals surface area contributed by atoms with E-state index in [4.69, 9.17) is 9.47 Å². The normalized spacial score (nSPS) is 14.6. The molecule has 148 valence electrons. The molecule has 2 aromatic carbocycles. The second kappa shape index (κ2) is 9.73. The molecule has 0 unspecified atom stereocenters. The number of nitrogens with zero attached hydrogens (tertiary/aromatic N) is 1. The van der Waals surface area contributed by atoms with E-state index in [1.54, 1.807) is 0 Å². The van der Waals surface area contributed by atoms with Crippen molar-refractivity contribution in [1.29, 1.82) is 0 Å². The summed E-state index contributed by atoms with van der Waals surface area (Å²) in [5.74, 6) is 0.519. The summed E-state index contributed by atoms with van der Waals surface area (Å²) in [4.78, 5) is 26.5. The lowest BCUT2D eigenvalue weighted by atomic mass is 9.96. The van der Waals surface area contributed by atoms with Gasteiger partial charge in [0, 0.05) is 23.1 Å². The number of rotatable bonds is 6. The van der Waals surface area contributed by atoms with E-state index in [9.17, 15) is 9.59 Å². The Labute approximate surface area is 173 Å². The molecule has 1 heterocycles. The first-order valence-electron chi connectivity index (χ1n) is 9.50. The second-order valence-corrected chi connectivity index (χ2v) is 7.68. The molecule has 1 fully saturated rings. The molecule has 6 heteroatoms. The number of likely N-dealkylation sites (tertiary alicyclic amines) is 1. The molecule has 0 aliphatic carbocycles. The Morgan fingerprint density at radius 3 is 2.50 bits per heavy atom. The van der Waals surface area contributed by atoms with Crippen molar-refractivity contribution in [3.05, 3.63) is 64.1 Å². The van der Waals surface area contributed by atoms with Crippen LogP contribution in [0.2, 0.25) is 0 Å². The quantitative estimate of drug-likeness (QED) is 0.616. The molecule has 0 saturated carbocycles. The van der Waals surface area contributed by atoms with Crippen LogP contribution in [0.25, 0.3) is 0 Å². The zero-order valence-electron chi connectivity index (χ0n) is 15.9. The zero-order valence-corrected chi connectivity index (χ0v) is 17.5. The van der Waals surface area contributed by atoms with Crippen LogP contribution in [0.15, 0.2) is 53.0 Å². The first-order chi connectivity index (χ1) is 13.6. The van der Waals surface area contributed by atoms with E-state index in [1.165, 1.54) is 0 Å². The van der Waals surface area contributed by atoms with Gasteiger partial charge < -0.3 is 14.4 Å². The van der Waals surface area contributed by atoms with Gasteiger partial charge in [-0.1, -0.05) is 28.1 Å². The summed E-state index contributed by atoms with van der Waals surface area (Å²) < 4.78 is 11.9. The summed E-state index contributed by atoms with van der Waals surface area (Å²) in [5.41, 5.74) is 1.58. The molecule has 2 aromatic rings. The maximum atomic E-state index is 12.8. The van der Waals surface area contributed by atoms with Gasteiger partial charge in [-0.3, -0.25) is 9.59 Å². The van der Waals surface area contributed by atoms with Gasteiger partial charge >= 0.3 is 5.97 Å². The van der Waals surface area contributed by atoms with Crippen molar-refractivity contribution >= 4 is 27.8 Å². The van der Waals surface area contributed by atoms with Gasteiger partial charge in [-0.2, -0.15) is 0 Å². The van der Waals surface area contributed by atoms with Gasteiger partial charge in [0.2, 0.25) is 0 Å². The number of ether oxygens (including phenoxy) is 2. The Kier molecular flexibility index (Phi) is 7.09. The molecule has 5 nitrogen and oxygen atoms in total. The third-order valence-electron chi connectivity index (χ3n) is 4.80. The lowest BCUT2D eigenvalue weighted by Gasteiger charge is -2.31. The lowest BCUT2D eigenvalue weighted by molar-refractivity contribution is -0.149. The number of carbonyl (C=O) groups excluding carboxylic acids is 2. The Hall–Kier alpha value is -2.34. The van der Waals surface area contributed by atoms with E-state index in [0.29, 0.717) is 44.7 Å². The van der Waals surface area contributed by atoms with Crippen LogP contribution < -0.4 is 4.74 Å². The van der Waals surface area contributed by atoms with Crippen molar-refractivity contribution in [3.63, 3.8) is 0 Å². The summed E-state index contributed by atoms with van der Waals surface area (Å²) in [6.07, 6.45) is 1.30. The zero-order chi connectivity index (χ0) is 19.9. The van der Waals surface area contributed by atoms with Crippen molar-refractivity contribution in [1.82, 2.24) is 4.90 Å². The maximum Gasteiger partial charge on any atom is 0.309 e. The molecule has 3 rings (SSSR count). The van der Waals surface area contributed by atoms with Gasteiger partial charge in [0.05, 0.1) is 12.5 Å². The minimum atomic E-state index is -0.151. The van der Waals surface area contributed by atoms with E-state index < -0.39 is 0 Å². The van der Waals surface area contributed by atoms with Crippen molar-refractivity contribution in [2.45, 2.75) is 26.4 Å². The Morgan fingerprint density at radius 2 is 1.82 bits per heavy atom. The van der Waals surface area contributed by atoms with Crippen molar-refractivity contribution < 1.29 is 19.1 Å². The standard InChI is InChI=1S/C22H24BrNO4/c1-2-27-22(26)17-10-12-24(13-11-17)21(25)18-5-3-4-16(14-18)15-28-20-8-6-19(23)7-9-20/h3-9,14,17H,2,10-13,15H2,1H3. The number of hydrogen-bond donors (Lipinski definition) is 0. The predicted octanol–water partition coefficient (Wildman–Crippen LogP) is 4.44. The summed E-state index contributed by atoms with van der Waals surface area (Å²) >= 11 is 3.40. The topological polar surface area (TPSA) is 55.8 Å². The first-order valence-corrected chi connectivity index (χ1v) is 10.3. The van der Waals surface area contributed by atoms with E-state index in [1.807, 2.05) is 60.4 Å². The Balaban J connectivity index is 1.56. The molecule has 0 spiro atoms. The predicted molar refractivity (Wildman–Crippen MR) is 110 cm³/mol. The molecule has 0 radical (unpaired) electrons. The van der Waals surface area contributed by atoms with Crippen molar-refractivity contribution in [2.24, 2.45) is 5.92 Å². The molecule has 0 aromatic heterocycles. The molecular formula is C22H24BrNO4. The molecule has 0 bridgehead atoms. The Bertz CT molecular complexity index is 814. The first kappa shape index (κ1) is 20.4. The molecule has 0 N–H and O–H groups in total. The van der Waals surface area contributed by atoms with Crippen molar-refractivity contribution in [2.75, 3.05) is 19.7 Å². The summed E-state index contributed by atoms with van der Waals surface area (Å²) in [6.45, 7) is 3.74. The van der Waals surface area contributed by atoms with Crippen LogP contribution in [-0.2, 0) is 16.1 Å². The summed E-state index contributed by atoms with van der Waals surface area (Å²) in [6, 6.07) is 15.2. The molecule has 1 aliphatic rings. The molecule has 1 aliphatic heterocycles. The number of hydrogen-bond acceptors (Lipinski definition) is 4. The number of piperidine rings is 1. The monoisotopic (exact) mass is 445 g/mol. The number of amides is 1. The van der Waals surface area contributed by atoms with E-state index in [-0.39, 0.29) is 17.8 Å². The average molecular weight is 446 g/mol. The highest BCUT2D eigenvalue weighted by Gasteiger charge is 2.28. The summed E-state index contributed by atoms with van der Waals surface area (Å²) in [7, 11) is 0. The highest BCUT2D eigenvalue weighted by molar-refractivity contribution is 9.10. The molecule has 0 atom stereocenters. The van der Waals surface area contributed by atoms with Crippen LogP contribution in [0.1, 0.15) is 35.7 Å². The number of benzene rings is 2. The minimum Gasteiger partial charge on any atom is -0.489 e. The van der Waals surface area contributed by atoms with Gasteiger partial charge in [0.15, 0.2) is 0 Å². The van der Waals surface area contributed by atoms with Crippen LogP contribution in [0.3, 0.4) is 0 Å². The number of carbonyl (C=O) groups is 2. The average Bonchev–Trinajstić information content (AvgIpc) is 2.73. The molecular weight excluding hydrogens is 422 g/mol. The fourth-order valence-electron chi connectivity index (χ4n) is 3.25. The third-order valence-corrected chi connectivity index (χ3v) is 5.32.